The van der Waals surface area contributed by atoms with Gasteiger partial charge < -0.3 is 4.42 Å². The molecule has 2 heteroatoms. The largest absolute Gasteiger partial charge is 0.460 e. The van der Waals surface area contributed by atoms with Crippen molar-refractivity contribution in [1.82, 2.24) is 0 Å². The molecule has 0 spiro atoms. The van der Waals surface area contributed by atoms with E-state index in [2.05, 4.69) is 32.0 Å². The molecule has 0 fully saturated rings. The molecule has 0 aliphatic carbocycles. The summed E-state index contributed by atoms with van der Waals surface area (Å²) >= 11 is 6.07. The summed E-state index contributed by atoms with van der Waals surface area (Å²) in [5.74, 6) is 1.22. The van der Waals surface area contributed by atoms with Gasteiger partial charge in [-0.2, -0.15) is 0 Å². The Kier molecular flexibility index (Phi) is 2.74. The molecular formula is C13H15ClO. The van der Waals surface area contributed by atoms with Crippen LogP contribution < -0.4 is 0 Å². The van der Waals surface area contributed by atoms with Crippen LogP contribution in [0.4, 0.5) is 0 Å². The van der Waals surface area contributed by atoms with Gasteiger partial charge >= 0.3 is 0 Å². The molecule has 0 saturated carbocycles. The van der Waals surface area contributed by atoms with Crippen LogP contribution in [0.25, 0.3) is 11.0 Å². The van der Waals surface area contributed by atoms with Crippen molar-refractivity contribution in [2.75, 3.05) is 0 Å². The van der Waals surface area contributed by atoms with Gasteiger partial charge in [0.15, 0.2) is 0 Å². The highest BCUT2D eigenvalue weighted by atomic mass is 35.5. The fourth-order valence-electron chi connectivity index (χ4n) is 1.68. The average Bonchev–Trinajstić information content (AvgIpc) is 2.61. The first kappa shape index (κ1) is 10.6. The highest BCUT2D eigenvalue weighted by Gasteiger charge is 2.16. The zero-order valence-corrected chi connectivity index (χ0v) is 10.0. The molecule has 2 aromatic rings. The SMILES string of the molecule is Cc1cccc2cc(C(C)C(C)Cl)oc12. The zero-order valence-electron chi connectivity index (χ0n) is 9.25. The molecule has 2 rings (SSSR count). The number of hydrogen-bond acceptors (Lipinski definition) is 1. The summed E-state index contributed by atoms with van der Waals surface area (Å²) in [6, 6.07) is 8.27. The highest BCUT2D eigenvalue weighted by Crippen LogP contribution is 2.30. The summed E-state index contributed by atoms with van der Waals surface area (Å²) in [5, 5.41) is 1.25. The van der Waals surface area contributed by atoms with Crippen molar-refractivity contribution in [3.63, 3.8) is 0 Å². The van der Waals surface area contributed by atoms with Crippen LogP contribution in [0.1, 0.15) is 31.1 Å². The summed E-state index contributed by atoms with van der Waals surface area (Å²) in [7, 11) is 0. The lowest BCUT2D eigenvalue weighted by molar-refractivity contribution is 0.500. The number of rotatable bonds is 2. The molecule has 80 valence electrons. The summed E-state index contributed by atoms with van der Waals surface area (Å²) in [4.78, 5) is 0. The standard InChI is InChI=1S/C13H15ClO/c1-8-5-4-6-11-7-12(15-13(8)11)9(2)10(3)14/h4-7,9-10H,1-3H3. The minimum Gasteiger partial charge on any atom is -0.460 e. The van der Waals surface area contributed by atoms with E-state index in [1.54, 1.807) is 0 Å². The van der Waals surface area contributed by atoms with Gasteiger partial charge in [-0.25, -0.2) is 0 Å². The maximum Gasteiger partial charge on any atom is 0.137 e. The third-order valence-electron chi connectivity index (χ3n) is 2.90. The van der Waals surface area contributed by atoms with E-state index < -0.39 is 0 Å². The first-order chi connectivity index (χ1) is 7.09. The van der Waals surface area contributed by atoms with Crippen LogP contribution in [-0.2, 0) is 0 Å². The van der Waals surface area contributed by atoms with Gasteiger partial charge in [0.2, 0.25) is 0 Å². The summed E-state index contributed by atoms with van der Waals surface area (Å²) in [6.45, 7) is 6.14. The smallest absolute Gasteiger partial charge is 0.137 e. The monoisotopic (exact) mass is 222 g/mol. The van der Waals surface area contributed by atoms with E-state index in [0.717, 1.165) is 16.7 Å². The van der Waals surface area contributed by atoms with Gasteiger partial charge in [0.05, 0.1) is 0 Å². The molecule has 0 amide bonds. The molecule has 0 bridgehead atoms. The Morgan fingerprint density at radius 1 is 1.27 bits per heavy atom. The average molecular weight is 223 g/mol. The number of furan rings is 1. The van der Waals surface area contributed by atoms with E-state index in [0.29, 0.717) is 0 Å². The van der Waals surface area contributed by atoms with Crippen molar-refractivity contribution < 1.29 is 4.42 Å². The maximum absolute atomic E-state index is 6.07. The summed E-state index contributed by atoms with van der Waals surface area (Å²) in [6.07, 6.45) is 0. The van der Waals surface area contributed by atoms with Gasteiger partial charge in [-0.05, 0) is 25.5 Å². The second-order valence-electron chi connectivity index (χ2n) is 4.11. The van der Waals surface area contributed by atoms with Gasteiger partial charge in [-0.15, -0.1) is 11.6 Å². The highest BCUT2D eigenvalue weighted by molar-refractivity contribution is 6.20. The van der Waals surface area contributed by atoms with Crippen molar-refractivity contribution in [3.05, 3.63) is 35.6 Å². The lowest BCUT2D eigenvalue weighted by Gasteiger charge is -2.09. The van der Waals surface area contributed by atoms with Crippen molar-refractivity contribution >= 4 is 22.6 Å². The first-order valence-corrected chi connectivity index (χ1v) is 5.66. The number of benzene rings is 1. The molecule has 2 unspecified atom stereocenters. The minimum atomic E-state index is 0.0888. The maximum atomic E-state index is 6.07. The van der Waals surface area contributed by atoms with Crippen molar-refractivity contribution in [3.8, 4) is 0 Å². The molecule has 0 aliphatic heterocycles. The van der Waals surface area contributed by atoms with Gasteiger partial charge in [-0.3, -0.25) is 0 Å². The Bertz CT molecular complexity index is 470. The number of para-hydroxylation sites is 1. The summed E-state index contributed by atoms with van der Waals surface area (Å²) in [5.41, 5.74) is 2.16. The topological polar surface area (TPSA) is 13.1 Å². The van der Waals surface area contributed by atoms with E-state index >= 15 is 0 Å². The Hall–Kier alpha value is -0.950. The van der Waals surface area contributed by atoms with E-state index in [4.69, 9.17) is 16.0 Å². The van der Waals surface area contributed by atoms with Gasteiger partial charge in [-0.1, -0.05) is 25.1 Å². The Morgan fingerprint density at radius 2 is 2.00 bits per heavy atom. The van der Waals surface area contributed by atoms with Crippen LogP contribution in [-0.4, -0.2) is 5.38 Å². The summed E-state index contributed by atoms with van der Waals surface area (Å²) < 4.78 is 5.84. The molecule has 1 aromatic heterocycles. The molecule has 0 saturated heterocycles. The molecule has 1 nitrogen and oxygen atoms in total. The number of halogens is 1. The second-order valence-corrected chi connectivity index (χ2v) is 4.80. The van der Waals surface area contributed by atoms with Crippen LogP contribution in [0.15, 0.2) is 28.7 Å². The van der Waals surface area contributed by atoms with Crippen LogP contribution in [0.5, 0.6) is 0 Å². The third kappa shape index (κ3) is 1.89. The molecule has 1 heterocycles. The molecule has 0 radical (unpaired) electrons. The predicted octanol–water partition coefficient (Wildman–Crippen LogP) is 4.47. The fraction of sp³-hybridized carbons (Fsp3) is 0.385. The van der Waals surface area contributed by atoms with Crippen LogP contribution in [0.2, 0.25) is 0 Å². The lowest BCUT2D eigenvalue weighted by atomic mass is 10.1. The molecule has 15 heavy (non-hydrogen) atoms. The van der Waals surface area contributed by atoms with E-state index in [1.807, 2.05) is 13.0 Å². The van der Waals surface area contributed by atoms with Gasteiger partial charge in [0.25, 0.3) is 0 Å². The number of alkyl halides is 1. The molecular weight excluding hydrogens is 208 g/mol. The van der Waals surface area contributed by atoms with Crippen molar-refractivity contribution in [1.29, 1.82) is 0 Å². The first-order valence-electron chi connectivity index (χ1n) is 5.22. The van der Waals surface area contributed by atoms with E-state index in [-0.39, 0.29) is 11.3 Å². The Balaban J connectivity index is 2.52. The zero-order chi connectivity index (χ0) is 11.0. The van der Waals surface area contributed by atoms with Crippen molar-refractivity contribution in [2.45, 2.75) is 32.1 Å². The van der Waals surface area contributed by atoms with Crippen LogP contribution >= 0.6 is 11.6 Å². The van der Waals surface area contributed by atoms with E-state index in [1.165, 1.54) is 5.56 Å². The minimum absolute atomic E-state index is 0.0888. The molecule has 0 N–H and O–H groups in total. The second kappa shape index (κ2) is 3.90. The number of fused-ring (bicyclic) bond motifs is 1. The Labute approximate surface area is 95.0 Å². The normalized spacial score (nSPS) is 15.5. The molecule has 0 aliphatic rings. The van der Waals surface area contributed by atoms with Crippen LogP contribution in [0.3, 0.4) is 0 Å². The van der Waals surface area contributed by atoms with Gasteiger partial charge in [0.1, 0.15) is 11.3 Å². The van der Waals surface area contributed by atoms with Crippen LogP contribution in [0, 0.1) is 6.92 Å². The Morgan fingerprint density at radius 3 is 2.60 bits per heavy atom. The third-order valence-corrected chi connectivity index (χ3v) is 3.28. The van der Waals surface area contributed by atoms with E-state index in [9.17, 15) is 0 Å². The van der Waals surface area contributed by atoms with Gasteiger partial charge in [0, 0.05) is 16.7 Å². The number of aryl methyl sites for hydroxylation is 1. The predicted molar refractivity (Wildman–Crippen MR) is 64.7 cm³/mol. The molecule has 2 atom stereocenters. The quantitative estimate of drug-likeness (QED) is 0.684. The fourth-order valence-corrected chi connectivity index (χ4v) is 1.80. The molecule has 1 aromatic carbocycles. The number of hydrogen-bond donors (Lipinski definition) is 0. The van der Waals surface area contributed by atoms with Crippen molar-refractivity contribution in [2.24, 2.45) is 0 Å². The lowest BCUT2D eigenvalue weighted by Crippen LogP contribution is -2.03.